The number of ketones is 1. The molecule has 2 aliphatic rings. The van der Waals surface area contributed by atoms with E-state index in [9.17, 15) is 19.5 Å². The van der Waals surface area contributed by atoms with E-state index >= 15 is 0 Å². The molecular weight excluding hydrogens is 580 g/mol. The molecule has 0 bridgehead atoms. The van der Waals surface area contributed by atoms with Crippen LogP contribution < -0.4 is 14.6 Å². The van der Waals surface area contributed by atoms with Crippen molar-refractivity contribution in [3.05, 3.63) is 118 Å². The predicted molar refractivity (Wildman–Crippen MR) is 178 cm³/mol. The molecule has 0 spiro atoms. The number of hydrogen-bond donors (Lipinski definition) is 2. The summed E-state index contributed by atoms with van der Waals surface area (Å²) in [5, 5.41) is 32.1. The lowest BCUT2D eigenvalue weighted by atomic mass is 9.86. The van der Waals surface area contributed by atoms with Crippen molar-refractivity contribution in [2.75, 3.05) is 11.4 Å². The zero-order chi connectivity index (χ0) is 32.8. The van der Waals surface area contributed by atoms with Gasteiger partial charge in [0.15, 0.2) is 5.78 Å². The Labute approximate surface area is 267 Å². The first-order valence-corrected chi connectivity index (χ1v) is 15.4. The fraction of sp³-hybridized carbons (Fsp3) is 0.211. The molecule has 1 aliphatic carbocycles. The highest BCUT2D eigenvalue weighted by molar-refractivity contribution is 6.23. The lowest BCUT2D eigenvalue weighted by molar-refractivity contribution is -0.673. The third-order valence-corrected chi connectivity index (χ3v) is 7.84. The van der Waals surface area contributed by atoms with Gasteiger partial charge >= 0.3 is 11.9 Å². The van der Waals surface area contributed by atoms with Crippen molar-refractivity contribution < 1.29 is 34.3 Å². The van der Waals surface area contributed by atoms with E-state index in [-0.39, 0.29) is 35.5 Å². The van der Waals surface area contributed by atoms with E-state index in [1.54, 1.807) is 36.5 Å². The molecule has 0 atom stereocenters. The Morgan fingerprint density at radius 2 is 1.57 bits per heavy atom. The lowest BCUT2D eigenvalue weighted by Gasteiger charge is -2.33. The zero-order valence-electron chi connectivity index (χ0n) is 25.9. The van der Waals surface area contributed by atoms with Gasteiger partial charge in [-0.05, 0) is 65.6 Å². The lowest BCUT2D eigenvalue weighted by Crippen LogP contribution is -2.38. The molecule has 0 saturated carbocycles. The number of carbonyl (C=O) groups excluding carboxylic acids is 1. The number of carboxylic acid groups (broad SMARTS) is 2. The summed E-state index contributed by atoms with van der Waals surface area (Å²) in [4.78, 5) is 37.1. The van der Waals surface area contributed by atoms with Gasteiger partial charge in [-0.1, -0.05) is 56.1 Å². The van der Waals surface area contributed by atoms with E-state index in [0.717, 1.165) is 57.5 Å². The summed E-state index contributed by atoms with van der Waals surface area (Å²) in [6.07, 6.45) is 15.6. The standard InChI is InChI=1S/C38H36N2O6/c1-3-19-39-29(15-13-27-21-25(11-17-33(27)39)7-5-9-35(41)42)23-31-37(45)32(38(31)46)24-30-16-14-28-22-26(8-6-10-36(43)44)12-18-34(28)40(30)20-4-2/h5-8,11-18,21-24H,3-4,9-10,19-20H2,1-2H3,(H2-,41,42,43,44,45,46)/b7-5+,8-6+. The summed E-state index contributed by atoms with van der Waals surface area (Å²) in [5.74, 6) is -2.33. The van der Waals surface area contributed by atoms with Crippen molar-refractivity contribution in [1.29, 1.82) is 0 Å². The molecule has 234 valence electrons. The Kier molecular flexibility index (Phi) is 9.76. The second kappa shape index (κ2) is 14.1. The van der Waals surface area contributed by atoms with Gasteiger partial charge in [-0.25, -0.2) is 0 Å². The average Bonchev–Trinajstić information content (AvgIpc) is 3.03. The molecule has 0 fully saturated rings. The number of anilines is 1. The third-order valence-electron chi connectivity index (χ3n) is 7.84. The summed E-state index contributed by atoms with van der Waals surface area (Å²) in [6.45, 7) is 5.53. The molecular formula is C38H36N2O6. The number of Topliss-reactive ketones (excluding diaryl/α,β-unsaturated/α-hetero) is 1. The molecule has 46 heavy (non-hydrogen) atoms. The van der Waals surface area contributed by atoms with E-state index < -0.39 is 11.9 Å². The number of pyridine rings is 1. The summed E-state index contributed by atoms with van der Waals surface area (Å²) in [7, 11) is 0. The van der Waals surface area contributed by atoms with Crippen LogP contribution in [0.3, 0.4) is 0 Å². The van der Waals surface area contributed by atoms with Crippen molar-refractivity contribution >= 4 is 58.6 Å². The van der Waals surface area contributed by atoms with Gasteiger partial charge in [0.2, 0.25) is 11.2 Å². The van der Waals surface area contributed by atoms with Gasteiger partial charge in [-0.2, -0.15) is 4.57 Å². The van der Waals surface area contributed by atoms with E-state index in [1.807, 2.05) is 60.7 Å². The maximum atomic E-state index is 13.4. The smallest absolute Gasteiger partial charge is 0.307 e. The van der Waals surface area contributed by atoms with Crippen LogP contribution in [0, 0.1) is 0 Å². The second-order valence-electron chi connectivity index (χ2n) is 11.2. The first-order valence-electron chi connectivity index (χ1n) is 15.4. The third kappa shape index (κ3) is 6.91. The molecule has 1 aliphatic heterocycles. The highest BCUT2D eigenvalue weighted by Gasteiger charge is 2.29. The van der Waals surface area contributed by atoms with Gasteiger partial charge in [0.25, 0.3) is 0 Å². The quantitative estimate of drug-likeness (QED) is 0.191. The molecule has 0 amide bonds. The van der Waals surface area contributed by atoms with Crippen LogP contribution in [0.1, 0.15) is 61.9 Å². The van der Waals surface area contributed by atoms with Gasteiger partial charge in [0, 0.05) is 59.1 Å². The molecule has 2 N–H and O–H groups in total. The molecule has 8 nitrogen and oxygen atoms in total. The van der Waals surface area contributed by atoms with Gasteiger partial charge in [-0.15, -0.1) is 0 Å². The maximum absolute atomic E-state index is 13.4. The summed E-state index contributed by atoms with van der Waals surface area (Å²) >= 11 is 0. The number of aliphatic carboxylic acids is 2. The molecule has 1 aromatic heterocycles. The average molecular weight is 617 g/mol. The van der Waals surface area contributed by atoms with Gasteiger partial charge in [-0.3, -0.25) is 14.4 Å². The van der Waals surface area contributed by atoms with Crippen molar-refractivity contribution in [3.8, 4) is 0 Å². The minimum atomic E-state index is -0.884. The van der Waals surface area contributed by atoms with Gasteiger partial charge in [0.05, 0.1) is 12.8 Å². The van der Waals surface area contributed by atoms with E-state index in [1.165, 1.54) is 0 Å². The Bertz CT molecular complexity index is 1910. The van der Waals surface area contributed by atoms with Crippen LogP contribution in [0.25, 0.3) is 35.2 Å². The van der Waals surface area contributed by atoms with Crippen molar-refractivity contribution in [2.24, 2.45) is 0 Å². The highest BCUT2D eigenvalue weighted by atomic mass is 16.4. The van der Waals surface area contributed by atoms with Crippen molar-refractivity contribution in [3.63, 3.8) is 0 Å². The predicted octanol–water partition coefficient (Wildman–Crippen LogP) is 5.92. The van der Waals surface area contributed by atoms with Crippen molar-refractivity contribution in [2.45, 2.75) is 46.1 Å². The van der Waals surface area contributed by atoms with E-state index in [4.69, 9.17) is 10.2 Å². The van der Waals surface area contributed by atoms with Crippen LogP contribution in [0.4, 0.5) is 5.69 Å². The fourth-order valence-electron chi connectivity index (χ4n) is 5.70. The number of carbonyl (C=O) groups is 3. The maximum Gasteiger partial charge on any atom is 0.307 e. The zero-order valence-corrected chi connectivity index (χ0v) is 25.9. The number of aryl methyl sites for hydroxylation is 1. The number of fused-ring (bicyclic) bond motifs is 2. The monoisotopic (exact) mass is 616 g/mol. The second-order valence-corrected chi connectivity index (χ2v) is 11.2. The Morgan fingerprint density at radius 3 is 2.22 bits per heavy atom. The van der Waals surface area contributed by atoms with E-state index in [2.05, 4.69) is 23.3 Å². The Balaban J connectivity index is 1.44. The van der Waals surface area contributed by atoms with Crippen LogP contribution >= 0.6 is 0 Å². The minimum absolute atomic E-state index is 0.0470. The number of carboxylic acids is 2. The minimum Gasteiger partial charge on any atom is -0.871 e. The number of benzene rings is 2. The van der Waals surface area contributed by atoms with Crippen LogP contribution in [-0.2, 0) is 20.9 Å². The van der Waals surface area contributed by atoms with Crippen LogP contribution in [0.2, 0.25) is 0 Å². The van der Waals surface area contributed by atoms with Gasteiger partial charge < -0.3 is 20.2 Å². The molecule has 0 radical (unpaired) electrons. The molecule has 0 saturated heterocycles. The molecule has 0 unspecified atom stereocenters. The van der Waals surface area contributed by atoms with E-state index in [0.29, 0.717) is 13.1 Å². The number of hydrogen-bond acceptors (Lipinski definition) is 5. The van der Waals surface area contributed by atoms with Gasteiger partial charge in [0.1, 0.15) is 6.54 Å². The van der Waals surface area contributed by atoms with Crippen molar-refractivity contribution in [1.82, 2.24) is 0 Å². The Hall–Kier alpha value is -5.50. The molecule has 2 heterocycles. The van der Waals surface area contributed by atoms with Crippen LogP contribution in [-0.4, -0.2) is 34.5 Å². The topological polar surface area (TPSA) is 122 Å². The Morgan fingerprint density at radius 1 is 0.870 bits per heavy atom. The highest BCUT2D eigenvalue weighted by Crippen LogP contribution is 2.36. The normalized spacial score (nSPS) is 16.3. The fourth-order valence-corrected chi connectivity index (χ4v) is 5.70. The number of nitrogens with zero attached hydrogens (tertiary/aromatic N) is 2. The number of allylic oxidation sites excluding steroid dienone is 4. The number of aromatic nitrogens is 1. The molecule has 5 rings (SSSR count). The molecule has 3 aromatic rings. The van der Waals surface area contributed by atoms with Crippen LogP contribution in [0.15, 0.2) is 95.4 Å². The summed E-state index contributed by atoms with van der Waals surface area (Å²) in [6, 6.07) is 15.6. The largest absolute Gasteiger partial charge is 0.871 e. The summed E-state index contributed by atoms with van der Waals surface area (Å²) in [5.41, 5.74) is 6.51. The van der Waals surface area contributed by atoms with Crippen LogP contribution in [0.5, 0.6) is 0 Å². The molecule has 2 aromatic carbocycles. The SMILES string of the molecule is CCCN1/C(=C/C2=C([O-])C(=C/c3ccc4cc(/C=C/CC(=O)O)ccc4[n+]3CCC)/C2=O)C=Cc2cc(/C=C/CC(=O)O)ccc21. The first kappa shape index (κ1) is 31.9. The first-order chi connectivity index (χ1) is 22.2. The molecule has 8 heteroatoms. The number of rotatable bonds is 12. The summed E-state index contributed by atoms with van der Waals surface area (Å²) < 4.78 is 2.10.